The van der Waals surface area contributed by atoms with E-state index in [-0.39, 0.29) is 11.3 Å². The molecule has 1 atom stereocenters. The third kappa shape index (κ3) is 3.81. The normalized spacial score (nSPS) is 20.5. The Kier molecular flexibility index (Phi) is 5.39. The van der Waals surface area contributed by atoms with Crippen molar-refractivity contribution in [3.8, 4) is 0 Å². The van der Waals surface area contributed by atoms with Crippen LogP contribution in [-0.4, -0.2) is 23.2 Å². The van der Waals surface area contributed by atoms with Gasteiger partial charge in [0, 0.05) is 17.3 Å². The molecule has 1 unspecified atom stereocenters. The fourth-order valence-electron chi connectivity index (χ4n) is 1.94. The maximum Gasteiger partial charge on any atom is 0.238 e. The molecular formula is C12H21Cl2NO. The molecule has 1 N–H and O–H groups in total. The first-order valence-corrected chi connectivity index (χ1v) is 6.95. The molecule has 2 nitrogen and oxygen atoms in total. The summed E-state index contributed by atoms with van der Waals surface area (Å²) in [6, 6.07) is 0.314. The van der Waals surface area contributed by atoms with Gasteiger partial charge in [0.2, 0.25) is 5.91 Å². The van der Waals surface area contributed by atoms with Crippen LogP contribution in [-0.2, 0) is 4.79 Å². The average Bonchev–Trinajstić information content (AvgIpc) is 2.29. The van der Waals surface area contributed by atoms with Crippen molar-refractivity contribution in [1.29, 1.82) is 0 Å². The first kappa shape index (κ1) is 14.1. The molecule has 0 aromatic rings. The Bertz CT molecular complexity index is 237. The average molecular weight is 266 g/mol. The monoisotopic (exact) mass is 265 g/mol. The first-order valence-electron chi connectivity index (χ1n) is 5.98. The van der Waals surface area contributed by atoms with E-state index in [0.29, 0.717) is 11.9 Å². The number of halogens is 2. The standard InChI is InChI=1S/C12H21Cl2NO/c1-12(2,8-13)10(14)11(16)15-9-6-4-3-5-7-9/h9-10H,3-8H2,1-2H3,(H,15,16). The van der Waals surface area contributed by atoms with Crippen molar-refractivity contribution < 1.29 is 4.79 Å². The molecule has 0 bridgehead atoms. The van der Waals surface area contributed by atoms with Gasteiger partial charge in [-0.25, -0.2) is 0 Å². The Hall–Kier alpha value is 0.0500. The van der Waals surface area contributed by atoms with E-state index >= 15 is 0 Å². The zero-order valence-corrected chi connectivity index (χ0v) is 11.6. The molecular weight excluding hydrogens is 245 g/mol. The Morgan fingerprint density at radius 2 is 1.94 bits per heavy atom. The van der Waals surface area contributed by atoms with Crippen molar-refractivity contribution in [3.05, 3.63) is 0 Å². The number of hydrogen-bond acceptors (Lipinski definition) is 1. The van der Waals surface area contributed by atoms with Crippen molar-refractivity contribution in [1.82, 2.24) is 5.32 Å². The van der Waals surface area contributed by atoms with Crippen molar-refractivity contribution in [2.75, 3.05) is 5.88 Å². The molecule has 1 saturated carbocycles. The summed E-state index contributed by atoms with van der Waals surface area (Å²) in [6.07, 6.45) is 5.85. The van der Waals surface area contributed by atoms with Gasteiger partial charge in [-0.15, -0.1) is 23.2 Å². The van der Waals surface area contributed by atoms with Crippen LogP contribution in [0.5, 0.6) is 0 Å². The Morgan fingerprint density at radius 1 is 1.38 bits per heavy atom. The lowest BCUT2D eigenvalue weighted by Gasteiger charge is -2.29. The summed E-state index contributed by atoms with van der Waals surface area (Å²) < 4.78 is 0. The van der Waals surface area contributed by atoms with Crippen molar-refractivity contribution in [2.24, 2.45) is 5.41 Å². The number of amides is 1. The lowest BCUT2D eigenvalue weighted by molar-refractivity contribution is -0.123. The molecule has 0 aliphatic heterocycles. The summed E-state index contributed by atoms with van der Waals surface area (Å²) in [6.45, 7) is 3.83. The van der Waals surface area contributed by atoms with Crippen LogP contribution in [0.25, 0.3) is 0 Å². The highest BCUT2D eigenvalue weighted by Gasteiger charge is 2.33. The number of carbonyl (C=O) groups is 1. The third-order valence-corrected chi connectivity index (χ3v) is 4.69. The topological polar surface area (TPSA) is 29.1 Å². The van der Waals surface area contributed by atoms with Crippen LogP contribution < -0.4 is 5.32 Å². The minimum Gasteiger partial charge on any atom is -0.352 e. The van der Waals surface area contributed by atoms with Gasteiger partial charge in [-0.05, 0) is 12.8 Å². The van der Waals surface area contributed by atoms with Gasteiger partial charge in [0.05, 0.1) is 0 Å². The minimum absolute atomic E-state index is 0.0702. The molecule has 0 aromatic heterocycles. The minimum atomic E-state index is -0.549. The molecule has 1 fully saturated rings. The zero-order chi connectivity index (χ0) is 12.2. The SMILES string of the molecule is CC(C)(CCl)C(Cl)C(=O)NC1CCCCC1. The highest BCUT2D eigenvalue weighted by molar-refractivity contribution is 6.32. The molecule has 16 heavy (non-hydrogen) atoms. The van der Waals surface area contributed by atoms with E-state index in [0.717, 1.165) is 12.8 Å². The van der Waals surface area contributed by atoms with Crippen LogP contribution in [0.2, 0.25) is 0 Å². The maximum absolute atomic E-state index is 11.9. The van der Waals surface area contributed by atoms with Crippen molar-refractivity contribution in [2.45, 2.75) is 57.4 Å². The predicted molar refractivity (Wildman–Crippen MR) is 69.2 cm³/mol. The molecule has 0 saturated heterocycles. The van der Waals surface area contributed by atoms with Crippen LogP contribution in [0, 0.1) is 5.41 Å². The van der Waals surface area contributed by atoms with Gasteiger partial charge in [-0.1, -0.05) is 33.1 Å². The summed E-state index contributed by atoms with van der Waals surface area (Å²) in [5.74, 6) is 0.318. The summed E-state index contributed by atoms with van der Waals surface area (Å²) in [4.78, 5) is 11.9. The smallest absolute Gasteiger partial charge is 0.238 e. The molecule has 1 aliphatic rings. The van der Waals surface area contributed by atoms with Crippen LogP contribution in [0.4, 0.5) is 0 Å². The number of nitrogens with one attached hydrogen (secondary N) is 1. The van der Waals surface area contributed by atoms with E-state index in [1.54, 1.807) is 0 Å². The summed E-state index contributed by atoms with van der Waals surface area (Å²) >= 11 is 12.0. The van der Waals surface area contributed by atoms with E-state index in [9.17, 15) is 4.79 Å². The fraction of sp³-hybridized carbons (Fsp3) is 0.917. The van der Waals surface area contributed by atoms with Gasteiger partial charge >= 0.3 is 0 Å². The lowest BCUT2D eigenvalue weighted by atomic mass is 9.90. The van der Waals surface area contributed by atoms with Crippen LogP contribution in [0.3, 0.4) is 0 Å². The predicted octanol–water partition coefficient (Wildman–Crippen LogP) is 3.31. The van der Waals surface area contributed by atoms with E-state index in [1.165, 1.54) is 19.3 Å². The second-order valence-electron chi connectivity index (χ2n) is 5.33. The number of carbonyl (C=O) groups excluding carboxylic acids is 1. The van der Waals surface area contributed by atoms with Crippen LogP contribution in [0.15, 0.2) is 0 Å². The third-order valence-electron chi connectivity index (χ3n) is 3.21. The summed E-state index contributed by atoms with van der Waals surface area (Å²) in [5, 5.41) is 2.48. The van der Waals surface area contributed by atoms with Gasteiger partial charge in [-0.3, -0.25) is 4.79 Å². The maximum atomic E-state index is 11.9. The Morgan fingerprint density at radius 3 is 2.44 bits per heavy atom. The quantitative estimate of drug-likeness (QED) is 0.777. The van der Waals surface area contributed by atoms with Gasteiger partial charge in [0.1, 0.15) is 5.38 Å². The molecule has 0 heterocycles. The fourth-order valence-corrected chi connectivity index (χ4v) is 2.32. The molecule has 0 aromatic carbocycles. The molecule has 0 radical (unpaired) electrons. The van der Waals surface area contributed by atoms with Crippen molar-refractivity contribution in [3.63, 3.8) is 0 Å². The number of alkyl halides is 2. The van der Waals surface area contributed by atoms with Crippen LogP contribution in [0.1, 0.15) is 46.0 Å². The Labute approximate surface area is 108 Å². The first-order chi connectivity index (χ1) is 7.47. The second kappa shape index (κ2) is 6.11. The van der Waals surface area contributed by atoms with E-state index in [4.69, 9.17) is 23.2 Å². The molecule has 4 heteroatoms. The highest BCUT2D eigenvalue weighted by Crippen LogP contribution is 2.27. The van der Waals surface area contributed by atoms with Gasteiger partial charge < -0.3 is 5.32 Å². The molecule has 1 amide bonds. The number of hydrogen-bond donors (Lipinski definition) is 1. The largest absolute Gasteiger partial charge is 0.352 e. The second-order valence-corrected chi connectivity index (χ2v) is 6.03. The lowest BCUT2D eigenvalue weighted by Crippen LogP contribution is -2.46. The van der Waals surface area contributed by atoms with E-state index in [1.807, 2.05) is 13.8 Å². The van der Waals surface area contributed by atoms with Gasteiger partial charge in [-0.2, -0.15) is 0 Å². The molecule has 0 spiro atoms. The van der Waals surface area contributed by atoms with Gasteiger partial charge in [0.15, 0.2) is 0 Å². The van der Waals surface area contributed by atoms with E-state index in [2.05, 4.69) is 5.32 Å². The Balaban J connectivity index is 2.44. The highest BCUT2D eigenvalue weighted by atomic mass is 35.5. The molecule has 94 valence electrons. The van der Waals surface area contributed by atoms with E-state index < -0.39 is 5.38 Å². The summed E-state index contributed by atoms with van der Waals surface area (Å²) in [5.41, 5.74) is -0.359. The zero-order valence-electron chi connectivity index (χ0n) is 10.1. The van der Waals surface area contributed by atoms with Crippen molar-refractivity contribution >= 4 is 29.1 Å². The van der Waals surface area contributed by atoms with Gasteiger partial charge in [0.25, 0.3) is 0 Å². The summed E-state index contributed by atoms with van der Waals surface area (Å²) in [7, 11) is 0. The van der Waals surface area contributed by atoms with Crippen LogP contribution >= 0.6 is 23.2 Å². The number of rotatable bonds is 4. The molecule has 1 rings (SSSR count). The molecule has 1 aliphatic carbocycles.